The Morgan fingerprint density at radius 3 is 2.42 bits per heavy atom. The second-order valence-electron chi connectivity index (χ2n) is 6.42. The quantitative estimate of drug-likeness (QED) is 0.829. The van der Waals surface area contributed by atoms with E-state index in [2.05, 4.69) is 9.80 Å². The number of rotatable bonds is 4. The van der Waals surface area contributed by atoms with Crippen LogP contribution in [0.3, 0.4) is 0 Å². The summed E-state index contributed by atoms with van der Waals surface area (Å²) in [5.74, 6) is 0.0515. The standard InChI is InChI=1S/C18H26ClN3O2/c19-17-5-2-1-4-16(17)18(23)22-7-3-6-20(10-11-22)8-9-21-12-14-24-15-13-21/h1-2,4-5H,3,6-15H2. The molecule has 2 aliphatic heterocycles. The summed E-state index contributed by atoms with van der Waals surface area (Å²) < 4.78 is 5.39. The summed E-state index contributed by atoms with van der Waals surface area (Å²) in [6.07, 6.45) is 1.01. The zero-order chi connectivity index (χ0) is 16.8. The first-order valence-corrected chi connectivity index (χ1v) is 9.18. The van der Waals surface area contributed by atoms with Gasteiger partial charge in [-0.2, -0.15) is 0 Å². The monoisotopic (exact) mass is 351 g/mol. The maximum absolute atomic E-state index is 12.7. The lowest BCUT2D eigenvalue weighted by Crippen LogP contribution is -2.42. The van der Waals surface area contributed by atoms with Crippen LogP contribution in [0.1, 0.15) is 16.8 Å². The molecule has 24 heavy (non-hydrogen) atoms. The highest BCUT2D eigenvalue weighted by Crippen LogP contribution is 2.18. The Bertz CT molecular complexity index is 549. The van der Waals surface area contributed by atoms with E-state index in [1.807, 2.05) is 23.1 Å². The largest absolute Gasteiger partial charge is 0.379 e. The van der Waals surface area contributed by atoms with E-state index in [-0.39, 0.29) is 5.91 Å². The lowest BCUT2D eigenvalue weighted by Gasteiger charge is -2.29. The van der Waals surface area contributed by atoms with Crippen molar-refractivity contribution in [1.82, 2.24) is 14.7 Å². The average molecular weight is 352 g/mol. The Hall–Kier alpha value is -1.14. The first-order chi connectivity index (χ1) is 11.7. The average Bonchev–Trinajstić information content (AvgIpc) is 2.86. The molecule has 2 fully saturated rings. The van der Waals surface area contributed by atoms with Gasteiger partial charge in [0.15, 0.2) is 0 Å². The first kappa shape index (κ1) is 17.7. The summed E-state index contributed by atoms with van der Waals surface area (Å²) >= 11 is 6.17. The molecule has 0 aromatic heterocycles. The zero-order valence-electron chi connectivity index (χ0n) is 14.1. The Labute approximate surface area is 149 Å². The molecule has 5 nitrogen and oxygen atoms in total. The van der Waals surface area contributed by atoms with E-state index in [0.29, 0.717) is 10.6 Å². The topological polar surface area (TPSA) is 36.0 Å². The van der Waals surface area contributed by atoms with Gasteiger partial charge in [-0.05, 0) is 25.1 Å². The molecule has 2 heterocycles. The molecule has 0 saturated carbocycles. The third kappa shape index (κ3) is 4.70. The molecule has 0 unspecified atom stereocenters. The van der Waals surface area contributed by atoms with Gasteiger partial charge >= 0.3 is 0 Å². The number of morpholine rings is 1. The molecule has 0 atom stereocenters. The number of halogens is 1. The number of ether oxygens (including phenoxy) is 1. The second kappa shape index (κ2) is 8.81. The third-order valence-corrected chi connectivity index (χ3v) is 5.15. The molecule has 1 aromatic carbocycles. The summed E-state index contributed by atoms with van der Waals surface area (Å²) in [7, 11) is 0. The maximum atomic E-state index is 12.7. The highest BCUT2D eigenvalue weighted by Gasteiger charge is 2.22. The molecular weight excluding hydrogens is 326 g/mol. The number of hydrogen-bond donors (Lipinski definition) is 0. The van der Waals surface area contributed by atoms with Gasteiger partial charge in [-0.25, -0.2) is 0 Å². The van der Waals surface area contributed by atoms with E-state index >= 15 is 0 Å². The molecule has 3 rings (SSSR count). The highest BCUT2D eigenvalue weighted by atomic mass is 35.5. The van der Waals surface area contributed by atoms with Gasteiger partial charge in [0.05, 0.1) is 23.8 Å². The minimum atomic E-state index is 0.0515. The fraction of sp³-hybridized carbons (Fsp3) is 0.611. The van der Waals surface area contributed by atoms with Crippen LogP contribution in [0.15, 0.2) is 24.3 Å². The van der Waals surface area contributed by atoms with Crippen molar-refractivity contribution >= 4 is 17.5 Å². The van der Waals surface area contributed by atoms with Gasteiger partial charge < -0.3 is 14.5 Å². The summed E-state index contributed by atoms with van der Waals surface area (Å²) in [5.41, 5.74) is 0.612. The van der Waals surface area contributed by atoms with Crippen LogP contribution in [0.2, 0.25) is 5.02 Å². The van der Waals surface area contributed by atoms with Gasteiger partial charge in [0, 0.05) is 45.8 Å². The fourth-order valence-electron chi connectivity index (χ4n) is 3.31. The molecule has 0 bridgehead atoms. The van der Waals surface area contributed by atoms with Crippen LogP contribution >= 0.6 is 11.6 Å². The van der Waals surface area contributed by atoms with Crippen LogP contribution in [0.5, 0.6) is 0 Å². The van der Waals surface area contributed by atoms with Crippen molar-refractivity contribution in [2.45, 2.75) is 6.42 Å². The van der Waals surface area contributed by atoms with Crippen molar-refractivity contribution in [3.63, 3.8) is 0 Å². The van der Waals surface area contributed by atoms with Crippen molar-refractivity contribution in [3.05, 3.63) is 34.9 Å². The van der Waals surface area contributed by atoms with Crippen molar-refractivity contribution in [2.24, 2.45) is 0 Å². The molecule has 0 N–H and O–H groups in total. The van der Waals surface area contributed by atoms with Crippen LogP contribution in [-0.4, -0.2) is 86.2 Å². The van der Waals surface area contributed by atoms with E-state index in [1.54, 1.807) is 6.07 Å². The summed E-state index contributed by atoms with van der Waals surface area (Å²) in [5, 5.41) is 0.538. The lowest BCUT2D eigenvalue weighted by atomic mass is 10.2. The third-order valence-electron chi connectivity index (χ3n) is 4.82. The summed E-state index contributed by atoms with van der Waals surface area (Å²) in [6, 6.07) is 7.31. The SMILES string of the molecule is O=C(c1ccccc1Cl)N1CCCN(CCN2CCOCC2)CC1. The predicted molar refractivity (Wildman–Crippen MR) is 95.7 cm³/mol. The molecule has 1 aromatic rings. The number of benzene rings is 1. The van der Waals surface area contributed by atoms with Crippen LogP contribution < -0.4 is 0 Å². The van der Waals surface area contributed by atoms with Crippen molar-refractivity contribution < 1.29 is 9.53 Å². The summed E-state index contributed by atoms with van der Waals surface area (Å²) in [6.45, 7) is 9.47. The zero-order valence-corrected chi connectivity index (χ0v) is 14.9. The number of nitrogens with zero attached hydrogens (tertiary/aromatic N) is 3. The molecule has 0 spiro atoms. The van der Waals surface area contributed by atoms with E-state index < -0.39 is 0 Å². The molecule has 2 aliphatic rings. The number of carbonyl (C=O) groups is 1. The predicted octanol–water partition coefficient (Wildman–Crippen LogP) is 1.82. The lowest BCUT2D eigenvalue weighted by molar-refractivity contribution is 0.0335. The van der Waals surface area contributed by atoms with Crippen molar-refractivity contribution in [3.8, 4) is 0 Å². The van der Waals surface area contributed by atoms with Crippen LogP contribution in [0.4, 0.5) is 0 Å². The Balaban J connectivity index is 1.49. The molecule has 1 amide bonds. The van der Waals surface area contributed by atoms with Crippen molar-refractivity contribution in [2.75, 3.05) is 65.6 Å². The van der Waals surface area contributed by atoms with Gasteiger partial charge in [0.2, 0.25) is 0 Å². The minimum absolute atomic E-state index is 0.0515. The maximum Gasteiger partial charge on any atom is 0.255 e. The highest BCUT2D eigenvalue weighted by molar-refractivity contribution is 6.33. The Morgan fingerprint density at radius 1 is 0.958 bits per heavy atom. The van der Waals surface area contributed by atoms with E-state index in [9.17, 15) is 4.79 Å². The van der Waals surface area contributed by atoms with E-state index in [0.717, 1.165) is 72.0 Å². The number of hydrogen-bond acceptors (Lipinski definition) is 4. The van der Waals surface area contributed by atoms with Crippen LogP contribution in [0.25, 0.3) is 0 Å². The van der Waals surface area contributed by atoms with E-state index in [4.69, 9.17) is 16.3 Å². The molecule has 2 saturated heterocycles. The van der Waals surface area contributed by atoms with Gasteiger partial charge in [-0.3, -0.25) is 9.69 Å². The van der Waals surface area contributed by atoms with Crippen molar-refractivity contribution in [1.29, 1.82) is 0 Å². The normalized spacial score (nSPS) is 20.8. The number of amides is 1. The molecule has 0 aliphatic carbocycles. The summed E-state index contributed by atoms with van der Waals surface area (Å²) in [4.78, 5) is 19.6. The molecular formula is C18H26ClN3O2. The van der Waals surface area contributed by atoms with Gasteiger partial charge in [0.1, 0.15) is 0 Å². The molecule has 0 radical (unpaired) electrons. The van der Waals surface area contributed by atoms with Gasteiger partial charge in [-0.1, -0.05) is 23.7 Å². The minimum Gasteiger partial charge on any atom is -0.379 e. The fourth-order valence-corrected chi connectivity index (χ4v) is 3.53. The van der Waals surface area contributed by atoms with Crippen LogP contribution in [0, 0.1) is 0 Å². The first-order valence-electron chi connectivity index (χ1n) is 8.80. The number of carbonyl (C=O) groups excluding carboxylic acids is 1. The molecule has 6 heteroatoms. The van der Waals surface area contributed by atoms with Gasteiger partial charge in [0.25, 0.3) is 5.91 Å². The van der Waals surface area contributed by atoms with Crippen LogP contribution in [-0.2, 0) is 4.74 Å². The van der Waals surface area contributed by atoms with Gasteiger partial charge in [-0.15, -0.1) is 0 Å². The smallest absolute Gasteiger partial charge is 0.255 e. The second-order valence-corrected chi connectivity index (χ2v) is 6.83. The molecule has 132 valence electrons. The van der Waals surface area contributed by atoms with E-state index in [1.165, 1.54) is 0 Å². The Morgan fingerprint density at radius 2 is 1.67 bits per heavy atom. The Kier molecular flexibility index (Phi) is 6.49.